The third-order valence-electron chi connectivity index (χ3n) is 4.32. The Morgan fingerprint density at radius 2 is 1.88 bits per heavy atom. The van der Waals surface area contributed by atoms with E-state index in [1.165, 1.54) is 5.01 Å². The molecule has 0 bridgehead atoms. The molecule has 7 heteroatoms. The van der Waals surface area contributed by atoms with Crippen molar-refractivity contribution in [3.8, 4) is 5.75 Å². The first-order valence-electron chi connectivity index (χ1n) is 8.17. The van der Waals surface area contributed by atoms with Crippen molar-refractivity contribution >= 4 is 26.5 Å². The van der Waals surface area contributed by atoms with Crippen LogP contribution in [0.1, 0.15) is 6.42 Å². The summed E-state index contributed by atoms with van der Waals surface area (Å²) in [6.45, 7) is -0.132. The second-order valence-corrected chi connectivity index (χ2v) is 8.67. The zero-order chi connectivity index (χ0) is 18.0. The van der Waals surface area contributed by atoms with Crippen LogP contribution >= 0.6 is 0 Å². The Labute approximate surface area is 147 Å². The van der Waals surface area contributed by atoms with Gasteiger partial charge in [0.15, 0.2) is 16.4 Å². The fraction of sp³-hybridized carbons (Fsp3) is 0.389. The van der Waals surface area contributed by atoms with Crippen LogP contribution in [0.5, 0.6) is 5.75 Å². The van der Waals surface area contributed by atoms with Gasteiger partial charge in [-0.25, -0.2) is 13.4 Å². The van der Waals surface area contributed by atoms with Gasteiger partial charge in [0.25, 0.3) is 5.91 Å². The molecule has 1 fully saturated rings. The van der Waals surface area contributed by atoms with Crippen LogP contribution < -0.4 is 4.74 Å². The van der Waals surface area contributed by atoms with E-state index >= 15 is 0 Å². The lowest BCUT2D eigenvalue weighted by molar-refractivity contribution is -0.151. The van der Waals surface area contributed by atoms with E-state index in [4.69, 9.17) is 4.74 Å². The number of hydrogen-bond acceptors (Lipinski definition) is 5. The summed E-state index contributed by atoms with van der Waals surface area (Å²) >= 11 is 0. The normalized spacial score (nSPS) is 19.2. The van der Waals surface area contributed by atoms with Crippen LogP contribution in [0.15, 0.2) is 42.5 Å². The molecule has 0 aliphatic carbocycles. The van der Waals surface area contributed by atoms with Crippen LogP contribution in [0.3, 0.4) is 0 Å². The molecule has 2 aromatic carbocycles. The third-order valence-corrected chi connectivity index (χ3v) is 6.07. The van der Waals surface area contributed by atoms with Gasteiger partial charge in [-0.2, -0.15) is 0 Å². The predicted molar refractivity (Wildman–Crippen MR) is 97.0 cm³/mol. The Hall–Kier alpha value is -2.12. The minimum Gasteiger partial charge on any atom is -0.484 e. The number of amides is 1. The molecular formula is C18H22N2O4S. The second-order valence-electron chi connectivity index (χ2n) is 6.44. The Balaban J connectivity index is 1.68. The molecule has 25 heavy (non-hydrogen) atoms. The maximum absolute atomic E-state index is 12.6. The monoisotopic (exact) mass is 362 g/mol. The van der Waals surface area contributed by atoms with Crippen LogP contribution in [0.25, 0.3) is 10.8 Å². The fourth-order valence-electron chi connectivity index (χ4n) is 3.19. The molecule has 2 aromatic rings. The van der Waals surface area contributed by atoms with Crippen LogP contribution in [0.2, 0.25) is 0 Å². The van der Waals surface area contributed by atoms with Crippen molar-refractivity contribution in [3.05, 3.63) is 42.5 Å². The number of nitrogens with zero attached hydrogens (tertiary/aromatic N) is 2. The lowest BCUT2D eigenvalue weighted by atomic mass is 10.1. The molecule has 0 saturated carbocycles. The molecule has 0 aromatic heterocycles. The standard InChI is InChI=1S/C18H22N2O4S/c1-19(2)20(16-9-10-25(22,23)13-16)18(21)12-24-17-8-7-14-5-3-4-6-15(14)11-17/h3-8,11,16H,9-10,12-13H2,1-2H3/t16-/m0/s1. The van der Waals surface area contributed by atoms with Crippen molar-refractivity contribution in [1.82, 2.24) is 10.0 Å². The third kappa shape index (κ3) is 4.11. The van der Waals surface area contributed by atoms with Crippen molar-refractivity contribution in [3.63, 3.8) is 0 Å². The van der Waals surface area contributed by atoms with E-state index in [-0.39, 0.29) is 30.1 Å². The van der Waals surface area contributed by atoms with Gasteiger partial charge in [0.2, 0.25) is 0 Å². The first kappa shape index (κ1) is 17.7. The average molecular weight is 362 g/mol. The quantitative estimate of drug-likeness (QED) is 0.758. The molecule has 6 nitrogen and oxygen atoms in total. The van der Waals surface area contributed by atoms with Gasteiger partial charge in [0.05, 0.1) is 17.5 Å². The van der Waals surface area contributed by atoms with E-state index in [0.717, 1.165) is 10.8 Å². The van der Waals surface area contributed by atoms with Gasteiger partial charge in [0, 0.05) is 14.1 Å². The summed E-state index contributed by atoms with van der Waals surface area (Å²) in [4.78, 5) is 12.6. The van der Waals surface area contributed by atoms with Crippen molar-refractivity contribution in [2.75, 3.05) is 32.2 Å². The number of sulfone groups is 1. The Morgan fingerprint density at radius 3 is 2.52 bits per heavy atom. The molecular weight excluding hydrogens is 340 g/mol. The summed E-state index contributed by atoms with van der Waals surface area (Å²) < 4.78 is 29.1. The molecule has 3 rings (SSSR count). The number of carbonyl (C=O) groups excluding carboxylic acids is 1. The van der Waals surface area contributed by atoms with E-state index in [1.54, 1.807) is 19.1 Å². The van der Waals surface area contributed by atoms with Crippen LogP contribution in [-0.4, -0.2) is 62.6 Å². The molecule has 0 N–H and O–H groups in total. The van der Waals surface area contributed by atoms with Crippen molar-refractivity contribution in [2.45, 2.75) is 12.5 Å². The Morgan fingerprint density at radius 1 is 1.16 bits per heavy atom. The minimum absolute atomic E-state index is 0.00684. The molecule has 0 unspecified atom stereocenters. The van der Waals surface area contributed by atoms with Crippen LogP contribution in [0.4, 0.5) is 0 Å². The van der Waals surface area contributed by atoms with E-state index in [2.05, 4.69) is 0 Å². The summed E-state index contributed by atoms with van der Waals surface area (Å²) in [5.74, 6) is 0.498. The zero-order valence-electron chi connectivity index (χ0n) is 14.4. The second kappa shape index (κ2) is 7.01. The molecule has 0 spiro atoms. The van der Waals surface area contributed by atoms with Crippen molar-refractivity contribution < 1.29 is 17.9 Å². The molecule has 1 aliphatic heterocycles. The summed E-state index contributed by atoms with van der Waals surface area (Å²) in [6.07, 6.45) is 0.461. The summed E-state index contributed by atoms with van der Waals surface area (Å²) in [5.41, 5.74) is 0. The van der Waals surface area contributed by atoms with Gasteiger partial charge in [-0.1, -0.05) is 30.3 Å². The number of carbonyl (C=O) groups is 1. The number of benzene rings is 2. The average Bonchev–Trinajstić information content (AvgIpc) is 2.92. The first-order chi connectivity index (χ1) is 11.9. The maximum atomic E-state index is 12.6. The van der Waals surface area contributed by atoms with Crippen LogP contribution in [-0.2, 0) is 14.6 Å². The summed E-state index contributed by atoms with van der Waals surface area (Å²) in [7, 11) is 0.410. The predicted octanol–water partition coefficient (Wildman–Crippen LogP) is 1.71. The lowest BCUT2D eigenvalue weighted by Gasteiger charge is -2.33. The number of fused-ring (bicyclic) bond motifs is 1. The SMILES string of the molecule is CN(C)N(C(=O)COc1ccc2ccccc2c1)[C@H]1CCS(=O)(=O)C1. The number of hydrogen-bond donors (Lipinski definition) is 0. The largest absolute Gasteiger partial charge is 0.484 e. The molecule has 1 amide bonds. The van der Waals surface area contributed by atoms with Gasteiger partial charge < -0.3 is 4.74 Å². The molecule has 1 saturated heterocycles. The topological polar surface area (TPSA) is 66.9 Å². The highest BCUT2D eigenvalue weighted by Gasteiger charge is 2.36. The van der Waals surface area contributed by atoms with Gasteiger partial charge >= 0.3 is 0 Å². The molecule has 0 radical (unpaired) electrons. The smallest absolute Gasteiger partial charge is 0.275 e. The highest BCUT2D eigenvalue weighted by molar-refractivity contribution is 7.91. The summed E-state index contributed by atoms with van der Waals surface area (Å²) in [5, 5.41) is 5.27. The molecule has 1 aliphatic rings. The van der Waals surface area contributed by atoms with Crippen molar-refractivity contribution in [1.29, 1.82) is 0 Å². The van der Waals surface area contributed by atoms with E-state index in [1.807, 2.05) is 42.5 Å². The Kier molecular flexibility index (Phi) is 4.96. The highest BCUT2D eigenvalue weighted by atomic mass is 32.2. The molecule has 134 valence electrons. The molecule has 1 atom stereocenters. The lowest BCUT2D eigenvalue weighted by Crippen LogP contribution is -2.51. The van der Waals surface area contributed by atoms with E-state index < -0.39 is 9.84 Å². The number of hydrazine groups is 1. The van der Waals surface area contributed by atoms with E-state index in [0.29, 0.717) is 12.2 Å². The molecule has 1 heterocycles. The van der Waals surface area contributed by atoms with E-state index in [9.17, 15) is 13.2 Å². The highest BCUT2D eigenvalue weighted by Crippen LogP contribution is 2.22. The van der Waals surface area contributed by atoms with Crippen molar-refractivity contribution in [2.24, 2.45) is 0 Å². The van der Waals surface area contributed by atoms with Gasteiger partial charge in [-0.15, -0.1) is 0 Å². The maximum Gasteiger partial charge on any atom is 0.275 e. The first-order valence-corrected chi connectivity index (χ1v) is 9.99. The number of rotatable bonds is 5. The summed E-state index contributed by atoms with van der Waals surface area (Å²) in [6, 6.07) is 13.3. The van der Waals surface area contributed by atoms with Gasteiger partial charge in [0.1, 0.15) is 5.75 Å². The van der Waals surface area contributed by atoms with Crippen LogP contribution in [0, 0.1) is 0 Å². The Bertz CT molecular complexity index is 880. The fourth-order valence-corrected chi connectivity index (χ4v) is 4.88. The number of ether oxygens (including phenoxy) is 1. The zero-order valence-corrected chi connectivity index (χ0v) is 15.2. The van der Waals surface area contributed by atoms with Gasteiger partial charge in [-0.3, -0.25) is 9.80 Å². The minimum atomic E-state index is -3.06. The van der Waals surface area contributed by atoms with Gasteiger partial charge in [-0.05, 0) is 29.3 Å².